The normalized spacial score (nSPS) is 19.1. The molecule has 1 aliphatic heterocycles. The molecule has 0 radical (unpaired) electrons. The van der Waals surface area contributed by atoms with Crippen LogP contribution in [0.3, 0.4) is 0 Å². The first-order valence-electron chi connectivity index (χ1n) is 6.15. The number of nitrogens with zero attached hydrogens (tertiary/aromatic N) is 2. The van der Waals surface area contributed by atoms with Gasteiger partial charge in [-0.05, 0) is 38.4 Å². The van der Waals surface area contributed by atoms with Crippen molar-refractivity contribution in [2.45, 2.75) is 26.3 Å². The van der Waals surface area contributed by atoms with E-state index < -0.39 is 0 Å². The summed E-state index contributed by atoms with van der Waals surface area (Å²) >= 11 is 0. The minimum absolute atomic E-state index is 0.695. The number of hydrogen-bond donors (Lipinski definition) is 1. The van der Waals surface area contributed by atoms with Crippen LogP contribution >= 0.6 is 0 Å². The first kappa shape index (κ1) is 11.6. The molecule has 0 spiro atoms. The first-order chi connectivity index (χ1) is 7.84. The molecule has 16 heavy (non-hydrogen) atoms. The van der Waals surface area contributed by atoms with Gasteiger partial charge in [-0.25, -0.2) is 4.98 Å². The summed E-state index contributed by atoms with van der Waals surface area (Å²) in [6.45, 7) is 7.90. The van der Waals surface area contributed by atoms with Crippen LogP contribution in [0.2, 0.25) is 0 Å². The van der Waals surface area contributed by atoms with Crippen molar-refractivity contribution >= 4 is 0 Å². The molecule has 1 aromatic heterocycles. The van der Waals surface area contributed by atoms with E-state index in [0.29, 0.717) is 5.92 Å². The van der Waals surface area contributed by atoms with Crippen LogP contribution in [0.5, 0.6) is 0 Å². The minimum Gasteiger partial charge on any atom is -0.447 e. The average molecular weight is 223 g/mol. The van der Waals surface area contributed by atoms with E-state index in [-0.39, 0.29) is 0 Å². The van der Waals surface area contributed by atoms with Crippen LogP contribution in [0.15, 0.2) is 17.0 Å². The Morgan fingerprint density at radius 3 is 3.00 bits per heavy atom. The highest BCUT2D eigenvalue weighted by Crippen LogP contribution is 2.09. The number of nitrogens with one attached hydrogen (secondary N) is 1. The van der Waals surface area contributed by atoms with Crippen molar-refractivity contribution in [2.24, 2.45) is 5.92 Å². The van der Waals surface area contributed by atoms with Crippen LogP contribution in [0.25, 0.3) is 0 Å². The molecule has 1 aliphatic rings. The van der Waals surface area contributed by atoms with Crippen LogP contribution < -0.4 is 5.32 Å². The molecular weight excluding hydrogens is 202 g/mol. The van der Waals surface area contributed by atoms with E-state index in [4.69, 9.17) is 4.42 Å². The monoisotopic (exact) mass is 223 g/mol. The van der Waals surface area contributed by atoms with Crippen LogP contribution in [-0.4, -0.2) is 36.1 Å². The van der Waals surface area contributed by atoms with Crippen LogP contribution in [0.4, 0.5) is 0 Å². The van der Waals surface area contributed by atoms with E-state index in [1.807, 2.05) is 0 Å². The van der Waals surface area contributed by atoms with Crippen LogP contribution in [-0.2, 0) is 6.54 Å². The molecule has 1 fully saturated rings. The fourth-order valence-electron chi connectivity index (χ4n) is 2.24. The lowest BCUT2D eigenvalue weighted by atomic mass is 10.1. The van der Waals surface area contributed by atoms with Gasteiger partial charge >= 0.3 is 0 Å². The lowest BCUT2D eigenvalue weighted by Crippen LogP contribution is -2.31. The summed E-state index contributed by atoms with van der Waals surface area (Å²) < 4.78 is 5.16. The standard InChI is InChI=1S/C12H21N3O/c1-11(9-15-4-2-3-5-15)6-13-7-12-8-14-10-16-12/h8,10-11,13H,2-7,9H2,1H3. The van der Waals surface area contributed by atoms with Crippen molar-refractivity contribution in [1.82, 2.24) is 15.2 Å². The Morgan fingerprint density at radius 2 is 2.31 bits per heavy atom. The summed E-state index contributed by atoms with van der Waals surface area (Å²) in [6, 6.07) is 0. The number of hydrogen-bond acceptors (Lipinski definition) is 4. The predicted octanol–water partition coefficient (Wildman–Crippen LogP) is 1.50. The maximum atomic E-state index is 5.16. The van der Waals surface area contributed by atoms with E-state index in [1.165, 1.54) is 38.9 Å². The number of rotatable bonds is 6. The Morgan fingerprint density at radius 1 is 1.50 bits per heavy atom. The topological polar surface area (TPSA) is 41.3 Å². The molecule has 1 N–H and O–H groups in total. The fourth-order valence-corrected chi connectivity index (χ4v) is 2.24. The molecule has 0 saturated carbocycles. The first-order valence-corrected chi connectivity index (χ1v) is 6.15. The summed E-state index contributed by atoms with van der Waals surface area (Å²) in [5.74, 6) is 1.61. The molecule has 0 bridgehead atoms. The second-order valence-corrected chi connectivity index (χ2v) is 4.71. The molecule has 4 heteroatoms. The highest BCUT2D eigenvalue weighted by molar-refractivity contribution is 4.87. The molecule has 1 aromatic rings. The van der Waals surface area contributed by atoms with Crippen LogP contribution in [0, 0.1) is 5.92 Å². The van der Waals surface area contributed by atoms with Gasteiger partial charge in [0.2, 0.25) is 0 Å². The fraction of sp³-hybridized carbons (Fsp3) is 0.750. The Bertz CT molecular complexity index is 280. The third-order valence-electron chi connectivity index (χ3n) is 3.04. The van der Waals surface area contributed by atoms with Crippen LogP contribution in [0.1, 0.15) is 25.5 Å². The molecule has 1 atom stereocenters. The molecule has 4 nitrogen and oxygen atoms in total. The smallest absolute Gasteiger partial charge is 0.180 e. The summed E-state index contributed by atoms with van der Waals surface area (Å²) in [6.07, 6.45) is 5.99. The molecular formula is C12H21N3O. The molecule has 1 unspecified atom stereocenters. The summed E-state index contributed by atoms with van der Waals surface area (Å²) in [4.78, 5) is 6.44. The lowest BCUT2D eigenvalue weighted by molar-refractivity contribution is 0.281. The molecule has 2 rings (SSSR count). The quantitative estimate of drug-likeness (QED) is 0.793. The van der Waals surface area contributed by atoms with Crippen molar-refractivity contribution in [1.29, 1.82) is 0 Å². The number of oxazole rings is 1. The molecule has 1 saturated heterocycles. The number of aromatic nitrogens is 1. The zero-order valence-corrected chi connectivity index (χ0v) is 9.98. The van der Waals surface area contributed by atoms with Gasteiger partial charge in [0, 0.05) is 6.54 Å². The van der Waals surface area contributed by atoms with Gasteiger partial charge in [-0.15, -0.1) is 0 Å². The molecule has 0 aliphatic carbocycles. The van der Waals surface area contributed by atoms with E-state index in [9.17, 15) is 0 Å². The highest BCUT2D eigenvalue weighted by atomic mass is 16.3. The third kappa shape index (κ3) is 3.61. The molecule has 2 heterocycles. The summed E-state index contributed by atoms with van der Waals surface area (Å²) in [5.41, 5.74) is 0. The van der Waals surface area contributed by atoms with Gasteiger partial charge in [0.25, 0.3) is 0 Å². The van der Waals surface area contributed by atoms with Gasteiger partial charge in [0.05, 0.1) is 12.7 Å². The van der Waals surface area contributed by atoms with Gasteiger partial charge in [-0.3, -0.25) is 0 Å². The maximum absolute atomic E-state index is 5.16. The second-order valence-electron chi connectivity index (χ2n) is 4.71. The van der Waals surface area contributed by atoms with E-state index in [1.54, 1.807) is 6.20 Å². The summed E-state index contributed by atoms with van der Waals surface area (Å²) in [5, 5.41) is 3.40. The zero-order chi connectivity index (χ0) is 11.2. The van der Waals surface area contributed by atoms with Gasteiger partial charge in [-0.1, -0.05) is 6.92 Å². The van der Waals surface area contributed by atoms with E-state index in [0.717, 1.165) is 18.8 Å². The van der Waals surface area contributed by atoms with Crippen molar-refractivity contribution in [3.63, 3.8) is 0 Å². The lowest BCUT2D eigenvalue weighted by Gasteiger charge is -2.20. The SMILES string of the molecule is CC(CNCc1cnco1)CN1CCCC1. The van der Waals surface area contributed by atoms with Crippen molar-refractivity contribution in [3.05, 3.63) is 18.4 Å². The third-order valence-corrected chi connectivity index (χ3v) is 3.04. The average Bonchev–Trinajstić information content (AvgIpc) is 2.90. The second kappa shape index (κ2) is 6.01. The highest BCUT2D eigenvalue weighted by Gasteiger charge is 2.14. The molecule has 0 aromatic carbocycles. The van der Waals surface area contributed by atoms with Gasteiger partial charge in [0.15, 0.2) is 6.39 Å². The van der Waals surface area contributed by atoms with Gasteiger partial charge in [0.1, 0.15) is 5.76 Å². The Balaban J connectivity index is 1.58. The Labute approximate surface area is 97.0 Å². The van der Waals surface area contributed by atoms with E-state index >= 15 is 0 Å². The van der Waals surface area contributed by atoms with Gasteiger partial charge < -0.3 is 14.6 Å². The van der Waals surface area contributed by atoms with Crippen molar-refractivity contribution in [2.75, 3.05) is 26.2 Å². The van der Waals surface area contributed by atoms with Gasteiger partial charge in [-0.2, -0.15) is 0 Å². The van der Waals surface area contributed by atoms with Crippen molar-refractivity contribution < 1.29 is 4.42 Å². The van der Waals surface area contributed by atoms with E-state index in [2.05, 4.69) is 22.1 Å². The Kier molecular flexibility index (Phi) is 4.36. The zero-order valence-electron chi connectivity index (χ0n) is 9.98. The predicted molar refractivity (Wildman–Crippen MR) is 63.0 cm³/mol. The number of likely N-dealkylation sites (tertiary alicyclic amines) is 1. The minimum atomic E-state index is 0.695. The Hall–Kier alpha value is -0.870. The van der Waals surface area contributed by atoms with Crippen molar-refractivity contribution in [3.8, 4) is 0 Å². The summed E-state index contributed by atoms with van der Waals surface area (Å²) in [7, 11) is 0. The molecule has 0 amide bonds. The maximum Gasteiger partial charge on any atom is 0.180 e. The molecule has 90 valence electrons. The largest absolute Gasteiger partial charge is 0.447 e.